The topological polar surface area (TPSA) is 97.8 Å². The number of amides is 1. The van der Waals surface area contributed by atoms with Crippen molar-refractivity contribution in [1.29, 1.82) is 0 Å². The number of rotatable bonds is 5. The lowest BCUT2D eigenvalue weighted by Crippen LogP contribution is -2.48. The Labute approximate surface area is 174 Å². The Morgan fingerprint density at radius 2 is 1.93 bits per heavy atom. The molecule has 10 heteroatoms. The average Bonchev–Trinajstić information content (AvgIpc) is 2.68. The van der Waals surface area contributed by atoms with Gasteiger partial charge in [-0.15, -0.1) is 0 Å². The van der Waals surface area contributed by atoms with Crippen molar-refractivity contribution >= 4 is 33.2 Å². The van der Waals surface area contributed by atoms with Crippen molar-refractivity contribution in [2.45, 2.75) is 31.0 Å². The first-order valence-electron chi connectivity index (χ1n) is 8.97. The molecule has 156 valence electrons. The number of hydrogen-bond acceptors (Lipinski definition) is 6. The number of hydrogen-bond donors (Lipinski definition) is 1. The van der Waals surface area contributed by atoms with E-state index in [0.29, 0.717) is 11.6 Å². The second-order valence-corrected chi connectivity index (χ2v) is 9.08. The molecule has 0 unspecified atom stereocenters. The Morgan fingerprint density at radius 1 is 1.24 bits per heavy atom. The summed E-state index contributed by atoms with van der Waals surface area (Å²) in [5.74, 6) is -0.0642. The molecule has 0 saturated carbocycles. The zero-order valence-corrected chi connectivity index (χ0v) is 17.8. The van der Waals surface area contributed by atoms with Crippen LogP contribution in [-0.4, -0.2) is 56.0 Å². The molecular formula is C19H22ClN3O5S. The number of morpholine rings is 1. The number of pyridine rings is 1. The number of benzene rings is 1. The first-order chi connectivity index (χ1) is 13.7. The summed E-state index contributed by atoms with van der Waals surface area (Å²) in [6.07, 6.45) is 0.976. The van der Waals surface area contributed by atoms with Gasteiger partial charge in [-0.2, -0.15) is 4.31 Å². The molecule has 1 aromatic carbocycles. The standard InChI is InChI=1S/C19H22ClN3O5S/c1-12-10-23(11-13(2)28-12)29(25,26)17-8-14(4-6-16(17)20)19(24)22-15-5-7-18(27-3)21-9-15/h4-9,12-13H,10-11H2,1-3H3,(H,22,24)/t12-,13+. The summed E-state index contributed by atoms with van der Waals surface area (Å²) in [5, 5.41) is 2.73. The number of ether oxygens (including phenoxy) is 2. The van der Waals surface area contributed by atoms with Crippen LogP contribution in [-0.2, 0) is 14.8 Å². The first-order valence-corrected chi connectivity index (χ1v) is 10.8. The fourth-order valence-corrected chi connectivity index (χ4v) is 5.18. The largest absolute Gasteiger partial charge is 0.481 e. The Hall–Kier alpha value is -2.20. The van der Waals surface area contributed by atoms with Gasteiger partial charge in [0.05, 0.1) is 36.2 Å². The third-order valence-corrected chi connectivity index (χ3v) is 6.71. The predicted molar refractivity (Wildman–Crippen MR) is 109 cm³/mol. The highest BCUT2D eigenvalue weighted by molar-refractivity contribution is 7.89. The molecule has 0 aliphatic carbocycles. The summed E-state index contributed by atoms with van der Waals surface area (Å²) < 4.78 is 38.2. The predicted octanol–water partition coefficient (Wildman–Crippen LogP) is 2.79. The van der Waals surface area contributed by atoms with E-state index in [4.69, 9.17) is 21.1 Å². The molecule has 1 fully saturated rings. The molecular weight excluding hydrogens is 418 g/mol. The number of carbonyl (C=O) groups is 1. The van der Waals surface area contributed by atoms with Crippen molar-refractivity contribution in [3.63, 3.8) is 0 Å². The normalized spacial score (nSPS) is 20.3. The summed E-state index contributed by atoms with van der Waals surface area (Å²) in [7, 11) is -2.39. The van der Waals surface area contributed by atoms with Crippen LogP contribution < -0.4 is 10.1 Å². The van der Waals surface area contributed by atoms with E-state index >= 15 is 0 Å². The molecule has 3 rings (SSSR count). The van der Waals surface area contributed by atoms with Gasteiger partial charge in [0.1, 0.15) is 4.90 Å². The minimum absolute atomic E-state index is 0.0551. The van der Waals surface area contributed by atoms with E-state index in [1.165, 1.54) is 35.8 Å². The van der Waals surface area contributed by atoms with Crippen LogP contribution >= 0.6 is 11.6 Å². The molecule has 1 aromatic heterocycles. The summed E-state index contributed by atoms with van der Waals surface area (Å²) in [4.78, 5) is 16.5. The highest BCUT2D eigenvalue weighted by Gasteiger charge is 2.33. The second kappa shape index (κ2) is 8.66. The number of halogens is 1. The van der Waals surface area contributed by atoms with Crippen LogP contribution in [0.1, 0.15) is 24.2 Å². The van der Waals surface area contributed by atoms with E-state index in [-0.39, 0.29) is 40.8 Å². The SMILES string of the molecule is COc1ccc(NC(=O)c2ccc(Cl)c(S(=O)(=O)N3C[C@@H](C)O[C@@H](C)C3)c2)cn1. The molecule has 2 atom stereocenters. The van der Waals surface area contributed by atoms with Gasteiger partial charge in [-0.25, -0.2) is 13.4 Å². The highest BCUT2D eigenvalue weighted by atomic mass is 35.5. The summed E-state index contributed by atoms with van der Waals surface area (Å²) in [6, 6.07) is 7.40. The smallest absolute Gasteiger partial charge is 0.255 e. The van der Waals surface area contributed by atoms with Crippen LogP contribution in [0.5, 0.6) is 5.88 Å². The molecule has 2 heterocycles. The third-order valence-electron chi connectivity index (χ3n) is 4.40. The average molecular weight is 440 g/mol. The quantitative estimate of drug-likeness (QED) is 0.769. The monoisotopic (exact) mass is 439 g/mol. The second-order valence-electron chi connectivity index (χ2n) is 6.77. The lowest BCUT2D eigenvalue weighted by Gasteiger charge is -2.34. The molecule has 0 bridgehead atoms. The molecule has 0 spiro atoms. The van der Waals surface area contributed by atoms with Gasteiger partial charge in [0.2, 0.25) is 15.9 Å². The van der Waals surface area contributed by atoms with Crippen molar-refractivity contribution in [3.05, 3.63) is 47.1 Å². The number of methoxy groups -OCH3 is 1. The van der Waals surface area contributed by atoms with Crippen LogP contribution in [0.3, 0.4) is 0 Å². The van der Waals surface area contributed by atoms with E-state index in [1.807, 2.05) is 13.8 Å². The Bertz CT molecular complexity index is 987. The number of anilines is 1. The maximum Gasteiger partial charge on any atom is 0.255 e. The molecule has 1 aliphatic heterocycles. The van der Waals surface area contributed by atoms with Gasteiger partial charge < -0.3 is 14.8 Å². The van der Waals surface area contributed by atoms with Gasteiger partial charge in [0, 0.05) is 24.7 Å². The molecule has 1 saturated heterocycles. The Balaban J connectivity index is 1.85. The minimum Gasteiger partial charge on any atom is -0.481 e. The number of carbonyl (C=O) groups excluding carboxylic acids is 1. The molecule has 1 N–H and O–H groups in total. The van der Waals surface area contributed by atoms with Crippen LogP contribution in [0, 0.1) is 0 Å². The molecule has 8 nitrogen and oxygen atoms in total. The number of nitrogens with one attached hydrogen (secondary N) is 1. The van der Waals surface area contributed by atoms with E-state index < -0.39 is 15.9 Å². The highest BCUT2D eigenvalue weighted by Crippen LogP contribution is 2.28. The van der Waals surface area contributed by atoms with Crippen molar-refractivity contribution in [2.75, 3.05) is 25.5 Å². The van der Waals surface area contributed by atoms with Crippen LogP contribution in [0.15, 0.2) is 41.4 Å². The van der Waals surface area contributed by atoms with E-state index in [9.17, 15) is 13.2 Å². The van der Waals surface area contributed by atoms with Crippen molar-refractivity contribution < 1.29 is 22.7 Å². The van der Waals surface area contributed by atoms with Crippen molar-refractivity contribution in [3.8, 4) is 5.88 Å². The van der Waals surface area contributed by atoms with Gasteiger partial charge in [0.15, 0.2) is 0 Å². The summed E-state index contributed by atoms with van der Waals surface area (Å²) in [6.45, 7) is 4.06. The van der Waals surface area contributed by atoms with E-state index in [1.54, 1.807) is 12.1 Å². The number of sulfonamides is 1. The lowest BCUT2D eigenvalue weighted by atomic mass is 10.2. The zero-order valence-electron chi connectivity index (χ0n) is 16.3. The molecule has 2 aromatic rings. The number of aromatic nitrogens is 1. The van der Waals surface area contributed by atoms with Crippen molar-refractivity contribution in [1.82, 2.24) is 9.29 Å². The number of nitrogens with zero attached hydrogens (tertiary/aromatic N) is 2. The first kappa shape index (κ1) is 21.5. The van der Waals surface area contributed by atoms with Gasteiger partial charge in [-0.05, 0) is 38.1 Å². The Kier molecular flexibility index (Phi) is 6.42. The van der Waals surface area contributed by atoms with E-state index in [2.05, 4.69) is 10.3 Å². The van der Waals surface area contributed by atoms with E-state index in [0.717, 1.165) is 0 Å². The van der Waals surface area contributed by atoms with Gasteiger partial charge in [0.25, 0.3) is 5.91 Å². The minimum atomic E-state index is -3.88. The molecule has 29 heavy (non-hydrogen) atoms. The molecule has 0 radical (unpaired) electrons. The third kappa shape index (κ3) is 4.87. The summed E-state index contributed by atoms with van der Waals surface area (Å²) >= 11 is 6.18. The van der Waals surface area contributed by atoms with Gasteiger partial charge in [-0.1, -0.05) is 11.6 Å². The van der Waals surface area contributed by atoms with Crippen molar-refractivity contribution in [2.24, 2.45) is 0 Å². The molecule has 1 amide bonds. The maximum atomic E-state index is 13.1. The maximum absolute atomic E-state index is 13.1. The fraction of sp³-hybridized carbons (Fsp3) is 0.368. The fourth-order valence-electron chi connectivity index (χ4n) is 3.09. The summed E-state index contributed by atoms with van der Waals surface area (Å²) in [5.41, 5.74) is 0.615. The Morgan fingerprint density at radius 3 is 2.52 bits per heavy atom. The lowest BCUT2D eigenvalue weighted by molar-refractivity contribution is -0.0440. The van der Waals surface area contributed by atoms with Crippen LogP contribution in [0.25, 0.3) is 0 Å². The zero-order chi connectivity index (χ0) is 21.2. The van der Waals surface area contributed by atoms with Gasteiger partial charge in [-0.3, -0.25) is 4.79 Å². The van der Waals surface area contributed by atoms with Crippen LogP contribution in [0.4, 0.5) is 5.69 Å². The molecule has 1 aliphatic rings. The van der Waals surface area contributed by atoms with Gasteiger partial charge >= 0.3 is 0 Å². The van der Waals surface area contributed by atoms with Crippen LogP contribution in [0.2, 0.25) is 5.02 Å².